The zero-order valence-corrected chi connectivity index (χ0v) is 52.1. The lowest BCUT2D eigenvalue weighted by Crippen LogP contribution is -2.44. The van der Waals surface area contributed by atoms with E-state index in [2.05, 4.69) is 26.0 Å². The molecule has 0 aromatic carbocycles. The highest BCUT2D eigenvalue weighted by atomic mass is 16.7. The number of allylic oxidation sites excluding steroid dienone is 2. The minimum absolute atomic E-state index is 0.150. The van der Waals surface area contributed by atoms with Crippen molar-refractivity contribution in [3.63, 3.8) is 0 Å². The Kier molecular flexibility index (Phi) is 58.6. The molecule has 0 aliphatic heterocycles. The van der Waals surface area contributed by atoms with Crippen LogP contribution in [-0.2, 0) is 33.3 Å². The number of carboxylic acid groups (broad SMARTS) is 1. The monoisotopic (exact) mass is 1090 g/mol. The van der Waals surface area contributed by atoms with Crippen LogP contribution >= 0.6 is 0 Å². The molecular weight excluding hydrogens is 959 g/mol. The summed E-state index contributed by atoms with van der Waals surface area (Å²) in [5, 5.41) is 11.8. The number of hydrogen-bond acceptors (Lipinski definition) is 8. The second-order valence-corrected chi connectivity index (χ2v) is 24.5. The summed E-state index contributed by atoms with van der Waals surface area (Å²) in [5.74, 6) is -2.27. The number of ether oxygens (including phenoxy) is 4. The number of esters is 2. The summed E-state index contributed by atoms with van der Waals surface area (Å²) in [5.41, 5.74) is 0. The first-order valence-electron chi connectivity index (χ1n) is 33.8. The molecule has 0 spiro atoms. The van der Waals surface area contributed by atoms with Crippen LogP contribution in [0.2, 0.25) is 0 Å². The highest BCUT2D eigenvalue weighted by Crippen LogP contribution is 2.19. The van der Waals surface area contributed by atoms with Gasteiger partial charge in [0.2, 0.25) is 0 Å². The Hall–Kier alpha value is -1.97. The molecule has 77 heavy (non-hydrogen) atoms. The van der Waals surface area contributed by atoms with Crippen LogP contribution in [0.25, 0.3) is 0 Å². The molecule has 0 N–H and O–H groups in total. The fourth-order valence-electron chi connectivity index (χ4n) is 10.3. The van der Waals surface area contributed by atoms with Crippen molar-refractivity contribution in [2.24, 2.45) is 0 Å². The van der Waals surface area contributed by atoms with Crippen LogP contribution in [0.4, 0.5) is 0 Å². The fraction of sp³-hybridized carbons (Fsp3) is 0.926. The molecule has 0 aliphatic carbocycles. The largest absolute Gasteiger partial charge is 0.545 e. The van der Waals surface area contributed by atoms with E-state index >= 15 is 0 Å². The van der Waals surface area contributed by atoms with Gasteiger partial charge in [0, 0.05) is 12.8 Å². The predicted molar refractivity (Wildman–Crippen MR) is 325 cm³/mol. The van der Waals surface area contributed by atoms with Gasteiger partial charge in [0.1, 0.15) is 13.2 Å². The number of quaternary nitrogens is 1. The Bertz CT molecular complexity index is 1270. The van der Waals surface area contributed by atoms with E-state index in [1.54, 1.807) is 0 Å². The topological polar surface area (TPSA) is 111 Å². The molecule has 0 fully saturated rings. The summed E-state index contributed by atoms with van der Waals surface area (Å²) in [6.45, 7) is 4.79. The predicted octanol–water partition coefficient (Wildman–Crippen LogP) is 19.1. The maximum atomic E-state index is 12.8. The van der Waals surface area contributed by atoms with Crippen LogP contribution < -0.4 is 5.11 Å². The van der Waals surface area contributed by atoms with Gasteiger partial charge in [-0.05, 0) is 38.5 Å². The molecule has 0 aliphatic rings. The van der Waals surface area contributed by atoms with Crippen molar-refractivity contribution >= 4 is 17.9 Å². The van der Waals surface area contributed by atoms with E-state index in [1.807, 2.05) is 21.1 Å². The van der Waals surface area contributed by atoms with Crippen molar-refractivity contribution < 1.29 is 42.9 Å². The van der Waals surface area contributed by atoms with Gasteiger partial charge in [-0.2, -0.15) is 0 Å². The number of aliphatic carboxylic acids is 1. The van der Waals surface area contributed by atoms with Gasteiger partial charge in [-0.25, -0.2) is 0 Å². The highest BCUT2D eigenvalue weighted by Gasteiger charge is 2.22. The number of carbonyl (C=O) groups excluding carboxylic acids is 3. The van der Waals surface area contributed by atoms with Crippen molar-refractivity contribution in [2.45, 2.75) is 360 Å². The molecule has 0 bridgehead atoms. The number of rotatable bonds is 64. The third kappa shape index (κ3) is 61.5. The second-order valence-electron chi connectivity index (χ2n) is 24.5. The van der Waals surface area contributed by atoms with Crippen molar-refractivity contribution in [3.05, 3.63) is 12.2 Å². The molecule has 2 atom stereocenters. The minimum atomic E-state index is -1.62. The van der Waals surface area contributed by atoms with Crippen LogP contribution in [0, 0.1) is 0 Å². The Morgan fingerprint density at radius 3 is 0.961 bits per heavy atom. The molecule has 456 valence electrons. The summed E-state index contributed by atoms with van der Waals surface area (Å²) >= 11 is 0. The Morgan fingerprint density at radius 2 is 0.662 bits per heavy atom. The van der Waals surface area contributed by atoms with Gasteiger partial charge in [-0.15, -0.1) is 0 Å². The van der Waals surface area contributed by atoms with Gasteiger partial charge in [0.25, 0.3) is 0 Å². The van der Waals surface area contributed by atoms with Gasteiger partial charge < -0.3 is 33.3 Å². The van der Waals surface area contributed by atoms with Crippen molar-refractivity contribution in [1.82, 2.24) is 0 Å². The quantitative estimate of drug-likeness (QED) is 0.0195. The first kappa shape index (κ1) is 75.0. The normalized spacial score (nSPS) is 12.7. The number of hydrogen-bond donors (Lipinski definition) is 0. The maximum absolute atomic E-state index is 12.8. The summed E-state index contributed by atoms with van der Waals surface area (Å²) in [6.07, 6.45) is 68.9. The average molecular weight is 1090 g/mol. The number of unbranched alkanes of at least 4 members (excludes halogenated alkanes) is 47. The lowest BCUT2D eigenvalue weighted by molar-refractivity contribution is -0.870. The van der Waals surface area contributed by atoms with Crippen molar-refractivity contribution in [3.8, 4) is 0 Å². The summed E-state index contributed by atoms with van der Waals surface area (Å²) in [6, 6.07) is 0. The summed E-state index contributed by atoms with van der Waals surface area (Å²) < 4.78 is 22.7. The van der Waals surface area contributed by atoms with Gasteiger partial charge in [-0.1, -0.05) is 309 Å². The number of nitrogens with zero attached hydrogens (tertiary/aromatic N) is 1. The molecule has 0 heterocycles. The third-order valence-electron chi connectivity index (χ3n) is 15.5. The van der Waals surface area contributed by atoms with Gasteiger partial charge in [0.05, 0.1) is 40.3 Å². The first-order chi connectivity index (χ1) is 37.6. The van der Waals surface area contributed by atoms with Crippen LogP contribution in [0.15, 0.2) is 12.2 Å². The maximum Gasteiger partial charge on any atom is 0.306 e. The zero-order valence-electron chi connectivity index (χ0n) is 52.1. The van der Waals surface area contributed by atoms with Crippen LogP contribution in [-0.4, -0.2) is 82.3 Å². The Balaban J connectivity index is 3.91. The summed E-state index contributed by atoms with van der Waals surface area (Å²) in [4.78, 5) is 37.3. The van der Waals surface area contributed by atoms with E-state index in [0.29, 0.717) is 23.9 Å². The molecular formula is C68H131NO8. The van der Waals surface area contributed by atoms with Crippen LogP contribution in [0.1, 0.15) is 348 Å². The van der Waals surface area contributed by atoms with E-state index in [1.165, 1.54) is 263 Å². The number of carboxylic acids is 1. The number of likely N-dealkylation sites (N-methyl/N-ethyl adjacent to an activating group) is 1. The Labute approximate surface area is 478 Å². The van der Waals surface area contributed by atoms with E-state index in [0.717, 1.165) is 51.4 Å². The van der Waals surface area contributed by atoms with E-state index < -0.39 is 24.3 Å². The second kappa shape index (κ2) is 60.1. The molecule has 0 aromatic heterocycles. The van der Waals surface area contributed by atoms with Crippen LogP contribution in [0.5, 0.6) is 0 Å². The molecule has 0 saturated heterocycles. The van der Waals surface area contributed by atoms with Gasteiger partial charge >= 0.3 is 11.9 Å². The smallest absolute Gasteiger partial charge is 0.306 e. The highest BCUT2D eigenvalue weighted by molar-refractivity contribution is 5.70. The average Bonchev–Trinajstić information content (AvgIpc) is 3.40. The fourth-order valence-corrected chi connectivity index (χ4v) is 10.3. The standard InChI is InChI=1S/C68H131NO8/c1-6-8-10-12-14-16-18-20-22-23-24-25-26-27-28-29-30-31-32-33-34-35-36-37-38-39-40-41-42-43-45-46-48-50-52-54-56-58-65(70)75-62-64(63-76-68(67(72)73)74-61-60-69(3,4)5)77-66(71)59-57-55-53-51-49-47-44-21-19-17-15-13-11-9-7-2/h21,44,64,68H,6-20,22-43,45-63H2,1-5H3/b44-21-. The lowest BCUT2D eigenvalue weighted by atomic mass is 10.0. The van der Waals surface area contributed by atoms with Gasteiger partial charge in [0.15, 0.2) is 12.4 Å². The van der Waals surface area contributed by atoms with Crippen molar-refractivity contribution in [1.29, 1.82) is 0 Å². The third-order valence-corrected chi connectivity index (χ3v) is 15.5. The SMILES string of the molecule is CCCCCCCC/C=C\CCCCCCCC(=O)OC(COC(=O)CCCCCCCCCCCCCCCCCCCCCCCCCCCCCCCCCCCCCCC)COC(OCC[N+](C)(C)C)C(=O)[O-]. The molecule has 9 heteroatoms. The number of carbonyl (C=O) groups is 3. The van der Waals surface area contributed by atoms with E-state index in [-0.39, 0.29) is 32.2 Å². The molecule has 0 saturated carbocycles. The zero-order chi connectivity index (χ0) is 56.2. The Morgan fingerprint density at radius 1 is 0.377 bits per heavy atom. The first-order valence-corrected chi connectivity index (χ1v) is 33.8. The molecule has 2 unspecified atom stereocenters. The molecule has 9 nitrogen and oxygen atoms in total. The molecule has 0 rings (SSSR count). The minimum Gasteiger partial charge on any atom is -0.545 e. The molecule has 0 amide bonds. The molecule has 0 aromatic rings. The molecule has 0 radical (unpaired) electrons. The van der Waals surface area contributed by atoms with Crippen molar-refractivity contribution in [2.75, 3.05) is 47.5 Å². The van der Waals surface area contributed by atoms with Crippen LogP contribution in [0.3, 0.4) is 0 Å². The lowest BCUT2D eigenvalue weighted by Gasteiger charge is -2.26. The van der Waals surface area contributed by atoms with E-state index in [4.69, 9.17) is 18.9 Å². The summed E-state index contributed by atoms with van der Waals surface area (Å²) in [7, 11) is 5.93. The van der Waals surface area contributed by atoms with Gasteiger partial charge in [-0.3, -0.25) is 9.59 Å². The van der Waals surface area contributed by atoms with E-state index in [9.17, 15) is 19.5 Å².